The molecule has 3 rings (SSSR count). The number of benzene rings is 1. The van der Waals surface area contributed by atoms with Crippen molar-refractivity contribution in [2.45, 2.75) is 37.5 Å². The van der Waals surface area contributed by atoms with E-state index in [0.717, 1.165) is 30.6 Å². The van der Waals surface area contributed by atoms with Crippen LogP contribution < -0.4 is 10.6 Å². The number of sulfone groups is 1. The van der Waals surface area contributed by atoms with Gasteiger partial charge in [0.05, 0.1) is 5.75 Å². The Balaban J connectivity index is 1.82. The first-order valence-electron chi connectivity index (χ1n) is 7.42. The van der Waals surface area contributed by atoms with Gasteiger partial charge in [0.2, 0.25) is 5.91 Å². The highest BCUT2D eigenvalue weighted by atomic mass is 32.2. The fourth-order valence-electron chi connectivity index (χ4n) is 3.09. The molecule has 0 radical (unpaired) electrons. The van der Waals surface area contributed by atoms with Gasteiger partial charge in [-0.3, -0.25) is 4.79 Å². The van der Waals surface area contributed by atoms with Crippen LogP contribution in [-0.4, -0.2) is 31.9 Å². The van der Waals surface area contributed by atoms with Crippen molar-refractivity contribution in [1.29, 1.82) is 0 Å². The number of carbonyl (C=O) groups excluding carboxylic acids is 1. The van der Waals surface area contributed by atoms with E-state index >= 15 is 0 Å². The molecule has 21 heavy (non-hydrogen) atoms. The van der Waals surface area contributed by atoms with Crippen molar-refractivity contribution in [3.8, 4) is 0 Å². The smallest absolute Gasteiger partial charge is 0.242 e. The highest BCUT2D eigenvalue weighted by molar-refractivity contribution is 7.92. The first kappa shape index (κ1) is 14.5. The van der Waals surface area contributed by atoms with Crippen LogP contribution in [0.2, 0.25) is 0 Å². The number of hydrogen-bond acceptors (Lipinski definition) is 4. The van der Waals surface area contributed by atoms with Crippen LogP contribution in [0.3, 0.4) is 0 Å². The zero-order valence-electron chi connectivity index (χ0n) is 11.9. The molecular formula is C15H20N2O3S. The van der Waals surface area contributed by atoms with E-state index in [1.54, 1.807) is 0 Å². The van der Waals surface area contributed by atoms with Gasteiger partial charge < -0.3 is 10.6 Å². The summed E-state index contributed by atoms with van der Waals surface area (Å²) < 4.78 is 24.1. The first-order valence-corrected chi connectivity index (χ1v) is 9.13. The van der Waals surface area contributed by atoms with Gasteiger partial charge in [0.25, 0.3) is 0 Å². The third-order valence-corrected chi connectivity index (χ3v) is 6.45. The van der Waals surface area contributed by atoms with E-state index in [1.165, 1.54) is 5.56 Å². The van der Waals surface area contributed by atoms with E-state index < -0.39 is 15.1 Å². The minimum absolute atomic E-state index is 0.125. The molecule has 1 aromatic carbocycles. The van der Waals surface area contributed by atoms with Crippen molar-refractivity contribution in [3.05, 3.63) is 29.3 Å². The van der Waals surface area contributed by atoms with E-state index in [0.29, 0.717) is 19.4 Å². The van der Waals surface area contributed by atoms with Crippen LogP contribution >= 0.6 is 0 Å². The number of hydrogen-bond donors (Lipinski definition) is 2. The van der Waals surface area contributed by atoms with Crippen molar-refractivity contribution in [1.82, 2.24) is 5.32 Å². The first-order chi connectivity index (χ1) is 10.1. The lowest BCUT2D eigenvalue weighted by Crippen LogP contribution is -2.39. The van der Waals surface area contributed by atoms with Gasteiger partial charge in [-0.2, -0.15) is 0 Å². The van der Waals surface area contributed by atoms with Crippen LogP contribution in [-0.2, 0) is 27.6 Å². The fraction of sp³-hybridized carbons (Fsp3) is 0.533. The molecule has 1 saturated heterocycles. The van der Waals surface area contributed by atoms with E-state index in [4.69, 9.17) is 0 Å². The van der Waals surface area contributed by atoms with Crippen LogP contribution in [0.1, 0.15) is 30.4 Å². The molecule has 1 atom stereocenters. The molecule has 1 aromatic rings. The second-order valence-corrected chi connectivity index (χ2v) is 8.01. The summed E-state index contributed by atoms with van der Waals surface area (Å²) >= 11 is 0. The zero-order valence-corrected chi connectivity index (χ0v) is 12.7. The van der Waals surface area contributed by atoms with E-state index in [-0.39, 0.29) is 11.7 Å². The topological polar surface area (TPSA) is 75.3 Å². The van der Waals surface area contributed by atoms with Crippen LogP contribution in [0.25, 0.3) is 0 Å². The molecule has 0 aliphatic carbocycles. The summed E-state index contributed by atoms with van der Waals surface area (Å²) in [7, 11) is -3.29. The van der Waals surface area contributed by atoms with Crippen LogP contribution in [0.5, 0.6) is 0 Å². The molecule has 0 bridgehead atoms. The third-order valence-electron chi connectivity index (χ3n) is 4.27. The Morgan fingerprint density at radius 1 is 1.29 bits per heavy atom. The van der Waals surface area contributed by atoms with Crippen molar-refractivity contribution in [2.24, 2.45) is 0 Å². The molecule has 1 fully saturated rings. The molecule has 5 nitrogen and oxygen atoms in total. The van der Waals surface area contributed by atoms with Gasteiger partial charge in [-0.1, -0.05) is 18.6 Å². The lowest BCUT2D eigenvalue weighted by atomic mass is 9.99. The summed E-state index contributed by atoms with van der Waals surface area (Å²) in [6.45, 7) is 1.64. The molecule has 0 saturated carbocycles. The molecule has 2 aliphatic heterocycles. The van der Waals surface area contributed by atoms with Gasteiger partial charge in [0.1, 0.15) is 5.25 Å². The Kier molecular flexibility index (Phi) is 3.99. The SMILES string of the molecule is O=C(Nc1cccc2c1CNCC2)C1CCCCS1(=O)=O. The van der Waals surface area contributed by atoms with Crippen molar-refractivity contribution in [2.75, 3.05) is 17.6 Å². The molecule has 0 spiro atoms. The largest absolute Gasteiger partial charge is 0.325 e. The van der Waals surface area contributed by atoms with Gasteiger partial charge in [0, 0.05) is 12.2 Å². The highest BCUT2D eigenvalue weighted by Crippen LogP contribution is 2.25. The Hall–Kier alpha value is -1.40. The van der Waals surface area contributed by atoms with Gasteiger partial charge in [-0.25, -0.2) is 8.42 Å². The summed E-state index contributed by atoms with van der Waals surface area (Å²) in [5, 5.41) is 5.23. The van der Waals surface area contributed by atoms with Crippen LogP contribution in [0.4, 0.5) is 5.69 Å². The average Bonchev–Trinajstić information content (AvgIpc) is 2.47. The Labute approximate surface area is 125 Å². The summed E-state index contributed by atoms with van der Waals surface area (Å²) in [6, 6.07) is 5.82. The third kappa shape index (κ3) is 2.96. The van der Waals surface area contributed by atoms with Gasteiger partial charge in [0.15, 0.2) is 9.84 Å². The number of rotatable bonds is 2. The average molecular weight is 308 g/mol. The maximum Gasteiger partial charge on any atom is 0.242 e. The summed E-state index contributed by atoms with van der Waals surface area (Å²) in [5.74, 6) is -0.256. The molecule has 1 unspecified atom stereocenters. The van der Waals surface area contributed by atoms with E-state index in [9.17, 15) is 13.2 Å². The monoisotopic (exact) mass is 308 g/mol. The second-order valence-electron chi connectivity index (χ2n) is 5.71. The molecule has 1 amide bonds. The van der Waals surface area contributed by atoms with Crippen molar-refractivity contribution in [3.63, 3.8) is 0 Å². The van der Waals surface area contributed by atoms with Crippen molar-refractivity contribution < 1.29 is 13.2 Å². The fourth-order valence-corrected chi connectivity index (χ4v) is 4.90. The quantitative estimate of drug-likeness (QED) is 0.862. The molecular weight excluding hydrogens is 288 g/mol. The van der Waals surface area contributed by atoms with E-state index in [2.05, 4.69) is 16.7 Å². The van der Waals surface area contributed by atoms with Crippen molar-refractivity contribution >= 4 is 21.4 Å². The molecule has 2 aliphatic rings. The minimum atomic E-state index is -3.29. The van der Waals surface area contributed by atoms with Crippen LogP contribution in [0, 0.1) is 0 Å². The van der Waals surface area contributed by atoms with Gasteiger partial charge >= 0.3 is 0 Å². The molecule has 6 heteroatoms. The van der Waals surface area contributed by atoms with Gasteiger partial charge in [-0.15, -0.1) is 0 Å². The Morgan fingerprint density at radius 2 is 2.14 bits per heavy atom. The normalized spacial score (nSPS) is 24.1. The molecule has 2 N–H and O–H groups in total. The molecule has 2 heterocycles. The molecule has 0 aromatic heterocycles. The predicted molar refractivity (Wildman–Crippen MR) is 81.9 cm³/mol. The van der Waals surface area contributed by atoms with Crippen LogP contribution in [0.15, 0.2) is 18.2 Å². The Bertz CT molecular complexity index is 655. The number of amides is 1. The lowest BCUT2D eigenvalue weighted by molar-refractivity contribution is -0.116. The minimum Gasteiger partial charge on any atom is -0.325 e. The number of fused-ring (bicyclic) bond motifs is 1. The standard InChI is InChI=1S/C15H20N2O3S/c18-15(14-6-1-2-9-21(14,19)20)17-13-5-3-4-11-7-8-16-10-12(11)13/h3-5,14,16H,1-2,6-10H2,(H,17,18). The Morgan fingerprint density at radius 3 is 2.95 bits per heavy atom. The molecule has 114 valence electrons. The highest BCUT2D eigenvalue weighted by Gasteiger charge is 2.35. The maximum absolute atomic E-state index is 12.4. The lowest BCUT2D eigenvalue weighted by Gasteiger charge is -2.24. The summed E-state index contributed by atoms with van der Waals surface area (Å²) in [5.41, 5.74) is 3.04. The number of nitrogens with one attached hydrogen (secondary N) is 2. The predicted octanol–water partition coefficient (Wildman–Crippen LogP) is 1.24. The number of anilines is 1. The summed E-state index contributed by atoms with van der Waals surface area (Å²) in [6.07, 6.45) is 2.82. The number of carbonyl (C=O) groups is 1. The zero-order chi connectivity index (χ0) is 14.9. The second kappa shape index (κ2) is 5.77. The van der Waals surface area contributed by atoms with Gasteiger partial charge in [-0.05, 0) is 43.0 Å². The maximum atomic E-state index is 12.4. The van der Waals surface area contributed by atoms with E-state index in [1.807, 2.05) is 12.1 Å². The summed E-state index contributed by atoms with van der Waals surface area (Å²) in [4.78, 5) is 12.4.